The van der Waals surface area contributed by atoms with Crippen molar-refractivity contribution in [1.29, 1.82) is 0 Å². The number of likely N-dealkylation sites (N-methyl/N-ethyl adjacent to an activating group) is 2. The van der Waals surface area contributed by atoms with Crippen LogP contribution in [0.1, 0.15) is 5.56 Å². The first kappa shape index (κ1) is 22.4. The zero-order valence-corrected chi connectivity index (χ0v) is 19.0. The molecule has 10 heteroatoms. The van der Waals surface area contributed by atoms with Gasteiger partial charge in [0.25, 0.3) is 0 Å². The third-order valence-electron chi connectivity index (χ3n) is 5.45. The van der Waals surface area contributed by atoms with Gasteiger partial charge < -0.3 is 15.1 Å². The number of carbonyl (C=O) groups excluding carboxylic acids is 1. The molecule has 168 valence electrons. The monoisotopic (exact) mass is 462 g/mol. The lowest BCUT2D eigenvalue weighted by Crippen LogP contribution is -2.29. The van der Waals surface area contributed by atoms with Gasteiger partial charge in [-0.15, -0.1) is 0 Å². The van der Waals surface area contributed by atoms with Gasteiger partial charge in [-0.1, -0.05) is 18.2 Å². The Morgan fingerprint density at radius 1 is 1.18 bits per heavy atom. The number of nitrogens with zero attached hydrogens (tertiary/aromatic N) is 5. The van der Waals surface area contributed by atoms with E-state index in [1.807, 2.05) is 24.3 Å². The highest BCUT2D eigenvalue weighted by Crippen LogP contribution is 2.35. The van der Waals surface area contributed by atoms with Crippen LogP contribution in [0.15, 0.2) is 59.6 Å². The molecule has 0 spiro atoms. The first-order valence-corrected chi connectivity index (χ1v) is 11.6. The van der Waals surface area contributed by atoms with Gasteiger partial charge in [-0.05, 0) is 30.3 Å². The van der Waals surface area contributed by atoms with Gasteiger partial charge in [0.2, 0.25) is 28.4 Å². The van der Waals surface area contributed by atoms with Crippen LogP contribution < -0.4 is 10.2 Å². The molecule has 1 amide bonds. The van der Waals surface area contributed by atoms with E-state index in [1.54, 1.807) is 30.3 Å². The smallest absolute Gasteiger partial charge is 0.243 e. The Morgan fingerprint density at radius 2 is 1.91 bits per heavy atom. The minimum atomic E-state index is -3.67. The number of nitrogens with one attached hydrogen (secondary N) is 1. The SMILES string of the molecule is [C-]#[N+]CCN(C)S(=O)(=O)c1ccc(Nc2ncc3c(n2)-c2ccccc2N(C)C(=O)C3)cc1. The van der Waals surface area contributed by atoms with Gasteiger partial charge in [-0.25, -0.2) is 25.0 Å². The topological polar surface area (TPSA) is 99.9 Å². The molecule has 0 saturated carbocycles. The third kappa shape index (κ3) is 4.41. The van der Waals surface area contributed by atoms with Crippen molar-refractivity contribution >= 4 is 33.3 Å². The Labute approximate surface area is 192 Å². The van der Waals surface area contributed by atoms with Crippen molar-refractivity contribution < 1.29 is 13.2 Å². The van der Waals surface area contributed by atoms with Crippen LogP contribution in [0, 0.1) is 6.57 Å². The molecular weight excluding hydrogens is 440 g/mol. The number of anilines is 3. The van der Waals surface area contributed by atoms with Crippen molar-refractivity contribution in [3.05, 3.63) is 71.7 Å². The summed E-state index contributed by atoms with van der Waals surface area (Å²) in [6.45, 7) is 7.07. The Morgan fingerprint density at radius 3 is 2.64 bits per heavy atom. The summed E-state index contributed by atoms with van der Waals surface area (Å²) >= 11 is 0. The Balaban J connectivity index is 1.60. The van der Waals surface area contributed by atoms with E-state index in [4.69, 9.17) is 6.57 Å². The van der Waals surface area contributed by atoms with Gasteiger partial charge in [0.1, 0.15) is 0 Å². The molecule has 1 aliphatic heterocycles. The summed E-state index contributed by atoms with van der Waals surface area (Å²) in [5, 5.41) is 3.10. The molecule has 1 aliphatic rings. The Bertz CT molecular complexity index is 1350. The highest BCUT2D eigenvalue weighted by molar-refractivity contribution is 7.89. The standard InChI is InChI=1S/C23H22N6O3S/c1-24-12-13-28(2)33(31,32)18-10-8-17(9-11-18)26-23-25-15-16-14-21(30)29(3)20-7-5-4-6-19(20)22(16)27-23/h4-11,15H,12-14H2,2-3H3,(H,25,26,27). The van der Waals surface area contributed by atoms with E-state index in [2.05, 4.69) is 20.1 Å². The van der Waals surface area contributed by atoms with Gasteiger partial charge in [-0.2, -0.15) is 4.31 Å². The number of sulfonamides is 1. The molecule has 0 fully saturated rings. The molecule has 1 N–H and O–H groups in total. The van der Waals surface area contributed by atoms with Gasteiger partial charge >= 0.3 is 0 Å². The molecule has 33 heavy (non-hydrogen) atoms. The second kappa shape index (κ2) is 8.97. The quantitative estimate of drug-likeness (QED) is 0.566. The number of carbonyl (C=O) groups is 1. The molecular formula is C23H22N6O3S. The second-order valence-corrected chi connectivity index (χ2v) is 9.62. The van der Waals surface area contributed by atoms with Crippen LogP contribution in [0.2, 0.25) is 0 Å². The number of amides is 1. The van der Waals surface area contributed by atoms with Crippen molar-refractivity contribution in [3.63, 3.8) is 0 Å². The second-order valence-electron chi connectivity index (χ2n) is 7.57. The molecule has 3 aromatic rings. The van der Waals surface area contributed by atoms with Gasteiger partial charge in [0, 0.05) is 37.1 Å². The molecule has 9 nitrogen and oxygen atoms in total. The predicted molar refractivity (Wildman–Crippen MR) is 126 cm³/mol. The molecule has 1 aromatic heterocycles. The third-order valence-corrected chi connectivity index (χ3v) is 7.32. The number of hydrogen-bond acceptors (Lipinski definition) is 6. The molecule has 0 saturated heterocycles. The highest BCUT2D eigenvalue weighted by Gasteiger charge is 2.25. The number of aromatic nitrogens is 2. The highest BCUT2D eigenvalue weighted by atomic mass is 32.2. The first-order chi connectivity index (χ1) is 15.8. The van der Waals surface area contributed by atoms with E-state index in [9.17, 15) is 13.2 Å². The van der Waals surface area contributed by atoms with Crippen LogP contribution in [0.3, 0.4) is 0 Å². The van der Waals surface area contributed by atoms with Crippen LogP contribution in [0.5, 0.6) is 0 Å². The zero-order chi connectivity index (χ0) is 23.6. The number of benzene rings is 2. The van der Waals surface area contributed by atoms with E-state index in [0.29, 0.717) is 17.3 Å². The lowest BCUT2D eigenvalue weighted by atomic mass is 10.1. The van der Waals surface area contributed by atoms with E-state index in [1.165, 1.54) is 23.5 Å². The van der Waals surface area contributed by atoms with E-state index >= 15 is 0 Å². The van der Waals surface area contributed by atoms with Crippen LogP contribution in [0.4, 0.5) is 17.3 Å². The first-order valence-electron chi connectivity index (χ1n) is 10.2. The fraction of sp³-hybridized carbons (Fsp3) is 0.217. The molecule has 0 unspecified atom stereocenters. The molecule has 0 bridgehead atoms. The van der Waals surface area contributed by atoms with Crippen molar-refractivity contribution in [2.45, 2.75) is 11.3 Å². The summed E-state index contributed by atoms with van der Waals surface area (Å²) in [6.07, 6.45) is 1.85. The van der Waals surface area contributed by atoms with E-state index in [-0.39, 0.29) is 30.3 Å². The average molecular weight is 463 g/mol. The fourth-order valence-electron chi connectivity index (χ4n) is 3.54. The lowest BCUT2D eigenvalue weighted by molar-refractivity contribution is -0.117. The molecule has 2 heterocycles. The lowest BCUT2D eigenvalue weighted by Gasteiger charge is -2.17. The summed E-state index contributed by atoms with van der Waals surface area (Å²) in [7, 11) is -0.468. The molecule has 0 aliphatic carbocycles. The number of rotatable bonds is 6. The summed E-state index contributed by atoms with van der Waals surface area (Å²) in [4.78, 5) is 26.5. The van der Waals surface area contributed by atoms with Gasteiger partial charge in [-0.3, -0.25) is 4.79 Å². The largest absolute Gasteiger partial charge is 0.324 e. The summed E-state index contributed by atoms with van der Waals surface area (Å²) in [5.41, 5.74) is 3.67. The minimum absolute atomic E-state index is 0.0383. The zero-order valence-electron chi connectivity index (χ0n) is 18.2. The summed E-state index contributed by atoms with van der Waals surface area (Å²) in [6, 6.07) is 13.8. The van der Waals surface area contributed by atoms with Gasteiger partial charge in [0.15, 0.2) is 0 Å². The maximum atomic E-state index is 12.6. The number of hydrogen-bond donors (Lipinski definition) is 1. The molecule has 0 radical (unpaired) electrons. The van der Waals surface area contributed by atoms with Crippen molar-refractivity contribution in [2.75, 3.05) is 37.4 Å². The fourth-order valence-corrected chi connectivity index (χ4v) is 4.70. The summed E-state index contributed by atoms with van der Waals surface area (Å²) < 4.78 is 26.4. The van der Waals surface area contributed by atoms with Crippen LogP contribution in [-0.2, 0) is 21.2 Å². The molecule has 4 rings (SSSR count). The molecule has 0 atom stereocenters. The maximum absolute atomic E-state index is 12.6. The van der Waals surface area contributed by atoms with E-state index < -0.39 is 10.0 Å². The predicted octanol–water partition coefficient (Wildman–Crippen LogP) is 2.95. The average Bonchev–Trinajstić information content (AvgIpc) is 2.92. The van der Waals surface area contributed by atoms with Crippen LogP contribution in [-0.4, -0.2) is 55.8 Å². The Kier molecular flexibility index (Phi) is 6.09. The van der Waals surface area contributed by atoms with Gasteiger partial charge in [0.05, 0.1) is 29.2 Å². The van der Waals surface area contributed by atoms with Crippen LogP contribution >= 0.6 is 0 Å². The molecule has 2 aromatic carbocycles. The normalized spacial score (nSPS) is 13.2. The minimum Gasteiger partial charge on any atom is -0.324 e. The summed E-state index contributed by atoms with van der Waals surface area (Å²) in [5.74, 6) is 0.300. The number of para-hydroxylation sites is 1. The van der Waals surface area contributed by atoms with Crippen LogP contribution in [0.25, 0.3) is 16.1 Å². The van der Waals surface area contributed by atoms with Crippen molar-refractivity contribution in [1.82, 2.24) is 14.3 Å². The van der Waals surface area contributed by atoms with E-state index in [0.717, 1.165) is 16.8 Å². The maximum Gasteiger partial charge on any atom is 0.243 e. The van der Waals surface area contributed by atoms with Crippen molar-refractivity contribution in [2.24, 2.45) is 0 Å². The number of fused-ring (bicyclic) bond motifs is 3. The Hall–Kier alpha value is -3.81. The van der Waals surface area contributed by atoms with Crippen molar-refractivity contribution in [3.8, 4) is 11.3 Å².